The smallest absolute Gasteiger partial charge is 0.258 e. The Morgan fingerprint density at radius 2 is 1.81 bits per heavy atom. The van der Waals surface area contributed by atoms with Gasteiger partial charge in [0.2, 0.25) is 0 Å². The molecule has 27 heavy (non-hydrogen) atoms. The first-order valence-electron chi connectivity index (χ1n) is 9.27. The van der Waals surface area contributed by atoms with Gasteiger partial charge >= 0.3 is 0 Å². The van der Waals surface area contributed by atoms with Crippen LogP contribution in [0, 0.1) is 0 Å². The number of pyridine rings is 2. The molecule has 0 saturated carbocycles. The lowest BCUT2D eigenvalue weighted by Crippen LogP contribution is -2.35. The molecular formula is C20H20N6O. The van der Waals surface area contributed by atoms with Gasteiger partial charge in [-0.1, -0.05) is 12.1 Å². The summed E-state index contributed by atoms with van der Waals surface area (Å²) in [5.74, 6) is 1.35. The average molecular weight is 360 g/mol. The van der Waals surface area contributed by atoms with E-state index in [0.29, 0.717) is 18.1 Å². The number of fused-ring (bicyclic) bond motifs is 2. The molecular weight excluding hydrogens is 340 g/mol. The van der Waals surface area contributed by atoms with E-state index >= 15 is 0 Å². The molecule has 4 aromatic heterocycles. The number of nitrogens with zero attached hydrogens (tertiary/aromatic N) is 6. The standard InChI is InChI=1S/C20H20N6O/c27-19-12-16(21-17-7-1-3-10-25(17)19)14-24-9-5-6-15(13-24)20-23-22-18-8-2-4-11-26(18)20/h1-4,7-8,10-12,15H,5-6,9,13-14H2. The maximum Gasteiger partial charge on any atom is 0.258 e. The van der Waals surface area contributed by atoms with Gasteiger partial charge in [0.05, 0.1) is 5.69 Å². The molecule has 1 aliphatic rings. The van der Waals surface area contributed by atoms with E-state index in [4.69, 9.17) is 0 Å². The van der Waals surface area contributed by atoms with Gasteiger partial charge in [0, 0.05) is 37.5 Å². The topological polar surface area (TPSA) is 67.8 Å². The summed E-state index contributed by atoms with van der Waals surface area (Å²) in [6.45, 7) is 2.57. The van der Waals surface area contributed by atoms with Crippen LogP contribution in [0.5, 0.6) is 0 Å². The van der Waals surface area contributed by atoms with Crippen LogP contribution in [0.4, 0.5) is 0 Å². The first kappa shape index (κ1) is 16.1. The van der Waals surface area contributed by atoms with Gasteiger partial charge in [-0.2, -0.15) is 0 Å². The molecule has 1 saturated heterocycles. The predicted molar refractivity (Wildman–Crippen MR) is 102 cm³/mol. The van der Waals surface area contributed by atoms with Crippen molar-refractivity contribution in [1.29, 1.82) is 0 Å². The van der Waals surface area contributed by atoms with Gasteiger partial charge in [-0.15, -0.1) is 10.2 Å². The quantitative estimate of drug-likeness (QED) is 0.560. The van der Waals surface area contributed by atoms with Gasteiger partial charge in [0.1, 0.15) is 11.5 Å². The number of hydrogen-bond acceptors (Lipinski definition) is 5. The molecule has 0 N–H and O–H groups in total. The lowest BCUT2D eigenvalue weighted by atomic mass is 9.97. The van der Waals surface area contributed by atoms with Gasteiger partial charge in [-0.05, 0) is 43.7 Å². The summed E-state index contributed by atoms with van der Waals surface area (Å²) in [7, 11) is 0. The Morgan fingerprint density at radius 1 is 1.00 bits per heavy atom. The SMILES string of the molecule is O=c1cc(CN2CCCC(c3nnc4ccccn34)C2)nc2ccccn12. The second-order valence-corrected chi connectivity index (χ2v) is 7.08. The van der Waals surface area contributed by atoms with Crippen molar-refractivity contribution in [2.24, 2.45) is 0 Å². The monoisotopic (exact) mass is 360 g/mol. The molecule has 1 unspecified atom stereocenters. The molecule has 0 bridgehead atoms. The molecule has 7 heteroatoms. The van der Waals surface area contributed by atoms with Gasteiger partial charge < -0.3 is 0 Å². The second kappa shape index (κ2) is 6.59. The van der Waals surface area contributed by atoms with Gasteiger partial charge in [-0.3, -0.25) is 18.5 Å². The molecule has 4 aromatic rings. The van der Waals surface area contributed by atoms with E-state index in [1.165, 1.54) is 0 Å². The van der Waals surface area contributed by atoms with Gasteiger partial charge in [-0.25, -0.2) is 4.98 Å². The fourth-order valence-electron chi connectivity index (χ4n) is 3.96. The largest absolute Gasteiger partial charge is 0.297 e. The normalized spacial score (nSPS) is 18.3. The minimum atomic E-state index is -0.0346. The summed E-state index contributed by atoms with van der Waals surface area (Å²) in [6, 6.07) is 13.2. The summed E-state index contributed by atoms with van der Waals surface area (Å²) in [5, 5.41) is 8.72. The molecule has 1 atom stereocenters. The maximum absolute atomic E-state index is 12.3. The lowest BCUT2D eigenvalue weighted by molar-refractivity contribution is 0.194. The van der Waals surface area contributed by atoms with Gasteiger partial charge in [0.15, 0.2) is 5.65 Å². The summed E-state index contributed by atoms with van der Waals surface area (Å²) in [4.78, 5) is 19.3. The molecule has 0 amide bonds. The molecule has 1 aliphatic heterocycles. The van der Waals surface area contributed by atoms with Crippen molar-refractivity contribution in [3.05, 3.63) is 76.7 Å². The van der Waals surface area contributed by atoms with Crippen LogP contribution in [0.25, 0.3) is 11.3 Å². The predicted octanol–water partition coefficient (Wildman–Crippen LogP) is 2.12. The summed E-state index contributed by atoms with van der Waals surface area (Å²) < 4.78 is 3.65. The maximum atomic E-state index is 12.3. The Kier molecular flexibility index (Phi) is 3.94. The Balaban J connectivity index is 1.39. The van der Waals surface area contributed by atoms with Crippen molar-refractivity contribution in [1.82, 2.24) is 28.9 Å². The first-order chi connectivity index (χ1) is 13.3. The first-order valence-corrected chi connectivity index (χ1v) is 9.27. The zero-order valence-electron chi connectivity index (χ0n) is 14.9. The van der Waals surface area contributed by atoms with Crippen LogP contribution < -0.4 is 5.56 Å². The molecule has 0 aromatic carbocycles. The Hall–Kier alpha value is -3.06. The third-order valence-electron chi connectivity index (χ3n) is 5.22. The van der Waals surface area contributed by atoms with Crippen molar-refractivity contribution in [2.45, 2.75) is 25.3 Å². The molecule has 5 rings (SSSR count). The molecule has 5 heterocycles. The summed E-state index contributed by atoms with van der Waals surface area (Å²) >= 11 is 0. The van der Waals surface area contributed by atoms with Crippen molar-refractivity contribution >= 4 is 11.3 Å². The Bertz CT molecular complexity index is 1160. The number of hydrogen-bond donors (Lipinski definition) is 0. The molecule has 0 radical (unpaired) electrons. The van der Waals surface area contributed by atoms with E-state index < -0.39 is 0 Å². The lowest BCUT2D eigenvalue weighted by Gasteiger charge is -2.31. The number of aromatic nitrogens is 5. The van der Waals surface area contributed by atoms with Crippen LogP contribution in [-0.2, 0) is 6.54 Å². The highest BCUT2D eigenvalue weighted by Gasteiger charge is 2.25. The van der Waals surface area contributed by atoms with E-state index in [1.54, 1.807) is 16.7 Å². The summed E-state index contributed by atoms with van der Waals surface area (Å²) in [5.41, 5.74) is 2.36. The fourth-order valence-corrected chi connectivity index (χ4v) is 3.96. The molecule has 0 spiro atoms. The third kappa shape index (κ3) is 3.00. The van der Waals surface area contributed by atoms with Crippen LogP contribution in [0.1, 0.15) is 30.3 Å². The van der Waals surface area contributed by atoms with Crippen molar-refractivity contribution in [3.8, 4) is 0 Å². The highest BCUT2D eigenvalue weighted by molar-refractivity contribution is 5.38. The molecule has 0 aliphatic carbocycles. The molecule has 1 fully saturated rings. The van der Waals surface area contributed by atoms with E-state index in [1.807, 2.05) is 42.6 Å². The van der Waals surface area contributed by atoms with Crippen LogP contribution >= 0.6 is 0 Å². The van der Waals surface area contributed by atoms with Crippen LogP contribution in [0.15, 0.2) is 59.7 Å². The number of rotatable bonds is 3. The van der Waals surface area contributed by atoms with Crippen molar-refractivity contribution in [2.75, 3.05) is 13.1 Å². The van der Waals surface area contributed by atoms with E-state index in [-0.39, 0.29) is 5.56 Å². The minimum absolute atomic E-state index is 0.0346. The Morgan fingerprint density at radius 3 is 2.70 bits per heavy atom. The molecule has 136 valence electrons. The van der Waals surface area contributed by atoms with Crippen molar-refractivity contribution < 1.29 is 0 Å². The van der Waals surface area contributed by atoms with Crippen LogP contribution in [0.3, 0.4) is 0 Å². The average Bonchev–Trinajstić information content (AvgIpc) is 3.12. The number of piperidine rings is 1. The highest BCUT2D eigenvalue weighted by Crippen LogP contribution is 2.26. The van der Waals surface area contributed by atoms with E-state index in [9.17, 15) is 4.79 Å². The second-order valence-electron chi connectivity index (χ2n) is 7.08. The zero-order valence-corrected chi connectivity index (χ0v) is 14.9. The zero-order chi connectivity index (χ0) is 18.2. The fraction of sp³-hybridized carbons (Fsp3) is 0.300. The van der Waals surface area contributed by atoms with E-state index in [0.717, 1.165) is 43.1 Å². The minimum Gasteiger partial charge on any atom is -0.297 e. The summed E-state index contributed by atoms with van der Waals surface area (Å²) in [6.07, 6.45) is 5.97. The van der Waals surface area contributed by atoms with Crippen molar-refractivity contribution in [3.63, 3.8) is 0 Å². The molecule has 7 nitrogen and oxygen atoms in total. The number of likely N-dealkylation sites (tertiary alicyclic amines) is 1. The third-order valence-corrected chi connectivity index (χ3v) is 5.22. The van der Waals surface area contributed by atoms with E-state index in [2.05, 4.69) is 24.5 Å². The highest BCUT2D eigenvalue weighted by atomic mass is 16.1. The van der Waals surface area contributed by atoms with Gasteiger partial charge in [0.25, 0.3) is 5.56 Å². The van der Waals surface area contributed by atoms with Crippen LogP contribution in [0.2, 0.25) is 0 Å². The van der Waals surface area contributed by atoms with Crippen LogP contribution in [-0.4, -0.2) is 42.0 Å². The Labute approximate surface area is 155 Å².